The fraction of sp³-hybridized carbons (Fsp3) is 0.312. The van der Waals surface area contributed by atoms with Crippen molar-refractivity contribution in [1.29, 1.82) is 0 Å². The molecule has 0 aliphatic carbocycles. The highest BCUT2D eigenvalue weighted by Gasteiger charge is 2.09. The van der Waals surface area contributed by atoms with Crippen LogP contribution >= 0.6 is 0 Å². The lowest BCUT2D eigenvalue weighted by atomic mass is 10.2. The standard InChI is InChI=1S/C16H18FN3O3/c1-11-9-18-20(10-11)14-7-6-12(8-13(14)17)19-15(21)4-2-3-5-16(22)23/h6-10H,2-5H2,1H3,(H,19,21)(H,22,23). The molecular weight excluding hydrogens is 301 g/mol. The van der Waals surface area contributed by atoms with E-state index in [9.17, 15) is 14.0 Å². The number of carboxylic acid groups (broad SMARTS) is 1. The average Bonchev–Trinajstić information content (AvgIpc) is 2.90. The quantitative estimate of drug-likeness (QED) is 0.769. The minimum absolute atomic E-state index is 0.0416. The van der Waals surface area contributed by atoms with Crippen molar-refractivity contribution in [3.05, 3.63) is 42.0 Å². The van der Waals surface area contributed by atoms with Gasteiger partial charge in [-0.05, 0) is 43.5 Å². The molecule has 0 aliphatic heterocycles. The zero-order chi connectivity index (χ0) is 16.8. The van der Waals surface area contributed by atoms with Gasteiger partial charge in [0, 0.05) is 24.7 Å². The summed E-state index contributed by atoms with van der Waals surface area (Å²) in [6, 6.07) is 4.38. The van der Waals surface area contributed by atoms with Gasteiger partial charge in [-0.15, -0.1) is 0 Å². The van der Waals surface area contributed by atoms with Crippen molar-refractivity contribution in [3.8, 4) is 5.69 Å². The van der Waals surface area contributed by atoms with Crippen LogP contribution in [0.1, 0.15) is 31.2 Å². The van der Waals surface area contributed by atoms with E-state index >= 15 is 0 Å². The van der Waals surface area contributed by atoms with Crippen molar-refractivity contribution in [1.82, 2.24) is 9.78 Å². The highest BCUT2D eigenvalue weighted by molar-refractivity contribution is 5.90. The van der Waals surface area contributed by atoms with E-state index in [0.29, 0.717) is 24.2 Å². The third-order valence-electron chi connectivity index (χ3n) is 3.23. The van der Waals surface area contributed by atoms with E-state index in [1.807, 2.05) is 6.92 Å². The van der Waals surface area contributed by atoms with Gasteiger partial charge in [0.2, 0.25) is 5.91 Å². The van der Waals surface area contributed by atoms with Crippen molar-refractivity contribution >= 4 is 17.6 Å². The van der Waals surface area contributed by atoms with E-state index in [4.69, 9.17) is 5.11 Å². The number of rotatable bonds is 7. The molecular formula is C16H18FN3O3. The molecule has 23 heavy (non-hydrogen) atoms. The number of nitrogens with zero attached hydrogens (tertiary/aromatic N) is 2. The van der Waals surface area contributed by atoms with Gasteiger partial charge in [-0.25, -0.2) is 9.07 Å². The van der Waals surface area contributed by atoms with Crippen molar-refractivity contribution in [2.75, 3.05) is 5.32 Å². The van der Waals surface area contributed by atoms with Crippen LogP contribution in [0.25, 0.3) is 5.69 Å². The number of halogens is 1. The lowest BCUT2D eigenvalue weighted by Crippen LogP contribution is -2.12. The summed E-state index contributed by atoms with van der Waals surface area (Å²) in [6.07, 6.45) is 4.50. The summed E-state index contributed by atoms with van der Waals surface area (Å²) in [4.78, 5) is 22.1. The Kier molecular flexibility index (Phi) is 5.46. The first kappa shape index (κ1) is 16.7. The van der Waals surface area contributed by atoms with Crippen LogP contribution in [0.15, 0.2) is 30.6 Å². The Labute approximate surface area is 132 Å². The van der Waals surface area contributed by atoms with E-state index in [1.165, 1.54) is 10.7 Å². The molecule has 0 radical (unpaired) electrons. The largest absolute Gasteiger partial charge is 0.481 e. The number of aliphatic carboxylic acids is 1. The SMILES string of the molecule is Cc1cnn(-c2ccc(NC(=O)CCCCC(=O)O)cc2F)c1. The number of anilines is 1. The number of hydrogen-bond acceptors (Lipinski definition) is 3. The van der Waals surface area contributed by atoms with Crippen LogP contribution in [0.3, 0.4) is 0 Å². The molecule has 0 spiro atoms. The Morgan fingerprint density at radius 2 is 2.04 bits per heavy atom. The summed E-state index contributed by atoms with van der Waals surface area (Å²) >= 11 is 0. The van der Waals surface area contributed by atoms with Gasteiger partial charge in [0.25, 0.3) is 0 Å². The maximum Gasteiger partial charge on any atom is 0.303 e. The van der Waals surface area contributed by atoms with Crippen molar-refractivity contribution < 1.29 is 19.1 Å². The topological polar surface area (TPSA) is 84.2 Å². The molecule has 0 saturated heterocycles. The fourth-order valence-electron chi connectivity index (χ4n) is 2.10. The lowest BCUT2D eigenvalue weighted by molar-refractivity contribution is -0.137. The van der Waals surface area contributed by atoms with Gasteiger partial charge in [0.05, 0.1) is 6.20 Å². The smallest absolute Gasteiger partial charge is 0.303 e. The van der Waals surface area contributed by atoms with Crippen LogP contribution in [0, 0.1) is 12.7 Å². The molecule has 0 bridgehead atoms. The second-order valence-electron chi connectivity index (χ2n) is 5.28. The van der Waals surface area contributed by atoms with E-state index in [-0.39, 0.29) is 18.7 Å². The minimum Gasteiger partial charge on any atom is -0.481 e. The van der Waals surface area contributed by atoms with Crippen molar-refractivity contribution in [2.45, 2.75) is 32.6 Å². The number of amides is 1. The molecule has 2 aromatic rings. The third kappa shape index (κ3) is 4.91. The first-order chi connectivity index (χ1) is 11.0. The Morgan fingerprint density at radius 3 is 2.65 bits per heavy atom. The molecule has 0 unspecified atom stereocenters. The zero-order valence-corrected chi connectivity index (χ0v) is 12.8. The summed E-state index contributed by atoms with van der Waals surface area (Å²) in [5, 5.41) is 15.2. The Balaban J connectivity index is 1.92. The lowest BCUT2D eigenvalue weighted by Gasteiger charge is -2.08. The van der Waals surface area contributed by atoms with E-state index in [2.05, 4.69) is 10.4 Å². The molecule has 0 fully saturated rings. The maximum atomic E-state index is 14.1. The van der Waals surface area contributed by atoms with E-state index in [0.717, 1.165) is 5.56 Å². The summed E-state index contributed by atoms with van der Waals surface area (Å²) in [5.74, 6) is -1.63. The van der Waals surface area contributed by atoms with Crippen LogP contribution in [-0.2, 0) is 9.59 Å². The predicted octanol–water partition coefficient (Wildman–Crippen LogP) is 2.90. The molecule has 1 aromatic carbocycles. The summed E-state index contributed by atoms with van der Waals surface area (Å²) in [7, 11) is 0. The van der Waals surface area contributed by atoms with E-state index < -0.39 is 11.8 Å². The summed E-state index contributed by atoms with van der Waals surface area (Å²) in [5.41, 5.74) is 1.58. The number of carboxylic acids is 1. The fourth-order valence-corrected chi connectivity index (χ4v) is 2.10. The number of unbranched alkanes of at least 4 members (excludes halogenated alkanes) is 1. The number of carbonyl (C=O) groups excluding carboxylic acids is 1. The normalized spacial score (nSPS) is 10.5. The summed E-state index contributed by atoms with van der Waals surface area (Å²) in [6.45, 7) is 1.86. The minimum atomic E-state index is -0.878. The van der Waals surface area contributed by atoms with Crippen LogP contribution in [0.2, 0.25) is 0 Å². The Hall–Kier alpha value is -2.70. The number of carbonyl (C=O) groups is 2. The molecule has 7 heteroatoms. The zero-order valence-electron chi connectivity index (χ0n) is 12.8. The van der Waals surface area contributed by atoms with Crippen molar-refractivity contribution in [2.24, 2.45) is 0 Å². The molecule has 1 heterocycles. The van der Waals surface area contributed by atoms with Crippen LogP contribution in [0.5, 0.6) is 0 Å². The Morgan fingerprint density at radius 1 is 1.30 bits per heavy atom. The van der Waals surface area contributed by atoms with Gasteiger partial charge < -0.3 is 10.4 Å². The number of nitrogens with one attached hydrogen (secondary N) is 1. The third-order valence-corrected chi connectivity index (χ3v) is 3.23. The molecule has 2 N–H and O–H groups in total. The predicted molar refractivity (Wildman–Crippen MR) is 83.0 cm³/mol. The van der Waals surface area contributed by atoms with Crippen molar-refractivity contribution in [3.63, 3.8) is 0 Å². The number of benzene rings is 1. The highest BCUT2D eigenvalue weighted by atomic mass is 19.1. The van der Waals surface area contributed by atoms with Crippen LogP contribution < -0.4 is 5.32 Å². The number of hydrogen-bond donors (Lipinski definition) is 2. The molecule has 0 atom stereocenters. The maximum absolute atomic E-state index is 14.1. The van der Waals surface area contributed by atoms with Gasteiger partial charge >= 0.3 is 5.97 Å². The number of aryl methyl sites for hydroxylation is 1. The second-order valence-corrected chi connectivity index (χ2v) is 5.28. The van der Waals surface area contributed by atoms with Gasteiger partial charge in [-0.1, -0.05) is 0 Å². The molecule has 0 aliphatic rings. The first-order valence-electron chi connectivity index (χ1n) is 7.28. The molecule has 122 valence electrons. The number of aromatic nitrogens is 2. The molecule has 1 aromatic heterocycles. The van der Waals surface area contributed by atoms with Gasteiger partial charge in [0.15, 0.2) is 5.82 Å². The van der Waals surface area contributed by atoms with E-state index in [1.54, 1.807) is 24.5 Å². The monoisotopic (exact) mass is 319 g/mol. The summed E-state index contributed by atoms with van der Waals surface area (Å²) < 4.78 is 15.5. The molecule has 2 rings (SSSR count). The molecule has 0 saturated carbocycles. The van der Waals surface area contributed by atoms with Gasteiger partial charge in [-0.3, -0.25) is 9.59 Å². The van der Waals surface area contributed by atoms with Gasteiger partial charge in [0.1, 0.15) is 5.69 Å². The molecule has 6 nitrogen and oxygen atoms in total. The first-order valence-corrected chi connectivity index (χ1v) is 7.28. The average molecular weight is 319 g/mol. The Bertz CT molecular complexity index is 712. The van der Waals surface area contributed by atoms with Crippen LogP contribution in [0.4, 0.5) is 10.1 Å². The molecule has 1 amide bonds. The highest BCUT2D eigenvalue weighted by Crippen LogP contribution is 2.18. The second kappa shape index (κ2) is 7.53. The van der Waals surface area contributed by atoms with Crippen LogP contribution in [-0.4, -0.2) is 26.8 Å². The van der Waals surface area contributed by atoms with Gasteiger partial charge in [-0.2, -0.15) is 5.10 Å².